The van der Waals surface area contributed by atoms with Crippen LogP contribution in [0.5, 0.6) is 34.5 Å². The molecule has 3 aromatic rings. The Balaban J connectivity index is 1.67. The van der Waals surface area contributed by atoms with Crippen molar-refractivity contribution in [2.75, 3.05) is 27.9 Å². The Kier molecular flexibility index (Phi) is 8.68. The van der Waals surface area contributed by atoms with Crippen LogP contribution in [0.1, 0.15) is 16.7 Å². The maximum Gasteiger partial charge on any atom is 0.334 e. The molecule has 210 valence electrons. The quantitative estimate of drug-likeness (QED) is 0.103. The number of nitro groups is 1. The Hall–Kier alpha value is -4.45. The molecule has 1 fully saturated rings. The number of nitrogens with zero attached hydrogens (tertiary/aromatic N) is 1. The van der Waals surface area contributed by atoms with Crippen LogP contribution in [0.3, 0.4) is 0 Å². The first-order chi connectivity index (χ1) is 19.2. The van der Waals surface area contributed by atoms with Crippen LogP contribution in [-0.4, -0.2) is 49.0 Å². The third-order valence-corrected chi connectivity index (χ3v) is 7.16. The lowest BCUT2D eigenvalue weighted by molar-refractivity contribution is -0.384. The van der Waals surface area contributed by atoms with E-state index in [1.165, 1.54) is 39.5 Å². The molecule has 1 heterocycles. The van der Waals surface area contributed by atoms with Crippen LogP contribution in [-0.2, 0) is 22.6 Å². The molecule has 0 amide bonds. The third kappa shape index (κ3) is 5.91. The third-order valence-electron chi connectivity index (χ3n) is 6.34. The summed E-state index contributed by atoms with van der Waals surface area (Å²) in [4.78, 5) is 23.2. The van der Waals surface area contributed by atoms with Crippen LogP contribution in [0.4, 0.5) is 5.69 Å². The molecule has 1 atom stereocenters. The lowest BCUT2D eigenvalue weighted by Crippen LogP contribution is -2.08. The second-order valence-corrected chi connectivity index (χ2v) is 9.61. The van der Waals surface area contributed by atoms with E-state index < -0.39 is 10.9 Å². The molecule has 0 bridgehead atoms. The van der Waals surface area contributed by atoms with Crippen molar-refractivity contribution in [3.8, 4) is 34.5 Å². The minimum atomic E-state index is -0.491. The number of esters is 1. The molecule has 0 radical (unpaired) electrons. The second kappa shape index (κ2) is 12.2. The van der Waals surface area contributed by atoms with Crippen LogP contribution in [0.15, 0.2) is 52.5 Å². The number of rotatable bonds is 10. The number of hydrogen-bond donors (Lipinski definition) is 2. The second-order valence-electron chi connectivity index (χ2n) is 8.82. The Morgan fingerprint density at radius 2 is 1.73 bits per heavy atom. The molecule has 1 saturated heterocycles. The van der Waals surface area contributed by atoms with Crippen molar-refractivity contribution in [2.45, 2.75) is 13.0 Å². The summed E-state index contributed by atoms with van der Waals surface area (Å²) in [7, 11) is 4.31. The van der Waals surface area contributed by atoms with E-state index in [4.69, 9.17) is 23.7 Å². The number of carbonyl (C=O) groups excluding carboxylic acids is 1. The van der Waals surface area contributed by atoms with Gasteiger partial charge in [-0.2, -0.15) is 0 Å². The number of halogens is 1. The molecular formula is C28H26BrNO10. The number of aromatic hydroxyl groups is 2. The number of phenols is 2. The fourth-order valence-corrected chi connectivity index (χ4v) is 4.82. The maximum atomic E-state index is 12.7. The van der Waals surface area contributed by atoms with Crippen LogP contribution in [0.25, 0.3) is 6.08 Å². The number of carbonyl (C=O) groups is 1. The normalized spacial score (nSPS) is 15.6. The summed E-state index contributed by atoms with van der Waals surface area (Å²) in [5, 5.41) is 31.0. The van der Waals surface area contributed by atoms with Crippen molar-refractivity contribution < 1.29 is 43.6 Å². The summed E-state index contributed by atoms with van der Waals surface area (Å²) in [5.41, 5.74) is 2.24. The molecule has 0 spiro atoms. The molecular weight excluding hydrogens is 590 g/mol. The van der Waals surface area contributed by atoms with Gasteiger partial charge in [-0.25, -0.2) is 4.79 Å². The Bertz CT molecular complexity index is 1470. The van der Waals surface area contributed by atoms with Gasteiger partial charge in [0.15, 0.2) is 23.0 Å². The van der Waals surface area contributed by atoms with Crippen LogP contribution < -0.4 is 18.9 Å². The van der Waals surface area contributed by atoms with Crippen molar-refractivity contribution in [1.29, 1.82) is 0 Å². The van der Waals surface area contributed by atoms with E-state index in [-0.39, 0.29) is 42.1 Å². The molecule has 1 aliphatic heterocycles. The minimum absolute atomic E-state index is 0.0308. The van der Waals surface area contributed by atoms with E-state index in [1.807, 2.05) is 0 Å². The van der Waals surface area contributed by atoms with E-state index in [0.717, 1.165) is 0 Å². The van der Waals surface area contributed by atoms with E-state index in [0.29, 0.717) is 50.4 Å². The Morgan fingerprint density at radius 1 is 1.02 bits per heavy atom. The summed E-state index contributed by atoms with van der Waals surface area (Å²) in [6.07, 6.45) is 2.00. The van der Waals surface area contributed by atoms with Gasteiger partial charge in [-0.3, -0.25) is 10.1 Å². The highest BCUT2D eigenvalue weighted by molar-refractivity contribution is 9.10. The first-order valence-electron chi connectivity index (χ1n) is 11.9. The average Bonchev–Trinajstić information content (AvgIpc) is 3.28. The van der Waals surface area contributed by atoms with Crippen molar-refractivity contribution in [2.24, 2.45) is 5.92 Å². The van der Waals surface area contributed by atoms with Crippen molar-refractivity contribution in [3.05, 3.63) is 79.3 Å². The fraction of sp³-hybridized carbons (Fsp3) is 0.250. The zero-order valence-electron chi connectivity index (χ0n) is 21.8. The van der Waals surface area contributed by atoms with Gasteiger partial charge in [-0.05, 0) is 75.4 Å². The molecule has 1 aliphatic rings. The summed E-state index contributed by atoms with van der Waals surface area (Å²) in [5.74, 6) is -0.450. The first kappa shape index (κ1) is 28.6. The molecule has 0 aliphatic carbocycles. The Labute approximate surface area is 237 Å². The molecule has 4 rings (SSSR count). The number of hydrogen-bond acceptors (Lipinski definition) is 10. The molecule has 0 saturated carbocycles. The highest BCUT2D eigenvalue weighted by Crippen LogP contribution is 2.46. The number of methoxy groups -OCH3 is 3. The van der Waals surface area contributed by atoms with Gasteiger partial charge in [0.2, 0.25) is 11.5 Å². The molecule has 12 heteroatoms. The fourth-order valence-electron chi connectivity index (χ4n) is 4.30. The monoisotopic (exact) mass is 615 g/mol. The summed E-state index contributed by atoms with van der Waals surface area (Å²) < 4.78 is 28.1. The standard InChI is InChI=1S/C28H26BrNO10/c1-36-22-10-16(9-21(31)25(22)32)8-18-14-40-28(33)20(18)11-17-12-23(37-2)26(38-3)27(24(17)29)39-13-15-4-6-19(7-5-15)30(34)35/h4-7,9-12,18,31-32H,8,13-14H2,1-3H3/b20-11+. The Morgan fingerprint density at radius 3 is 2.35 bits per heavy atom. The van der Waals surface area contributed by atoms with Gasteiger partial charge in [0.25, 0.3) is 5.69 Å². The maximum absolute atomic E-state index is 12.7. The number of nitro benzene ring substituents is 1. The molecule has 2 N–H and O–H groups in total. The largest absolute Gasteiger partial charge is 0.504 e. The first-order valence-corrected chi connectivity index (χ1v) is 12.7. The molecule has 3 aromatic carbocycles. The van der Waals surface area contributed by atoms with Crippen molar-refractivity contribution in [3.63, 3.8) is 0 Å². The molecule has 1 unspecified atom stereocenters. The van der Waals surface area contributed by atoms with Gasteiger partial charge in [0, 0.05) is 23.6 Å². The predicted octanol–water partition coefficient (Wildman–Crippen LogP) is 5.17. The van der Waals surface area contributed by atoms with E-state index in [9.17, 15) is 25.1 Å². The number of non-ortho nitro benzene ring substituents is 1. The number of ether oxygens (including phenoxy) is 5. The van der Waals surface area contributed by atoms with E-state index >= 15 is 0 Å². The lowest BCUT2D eigenvalue weighted by atomic mass is 9.92. The highest BCUT2D eigenvalue weighted by atomic mass is 79.9. The highest BCUT2D eigenvalue weighted by Gasteiger charge is 2.32. The van der Waals surface area contributed by atoms with Gasteiger partial charge in [-0.15, -0.1) is 0 Å². The van der Waals surface area contributed by atoms with E-state index in [1.54, 1.807) is 30.3 Å². The molecule has 40 heavy (non-hydrogen) atoms. The number of cyclic esters (lactones) is 1. The average molecular weight is 616 g/mol. The smallest absolute Gasteiger partial charge is 0.334 e. The van der Waals surface area contributed by atoms with Crippen LogP contribution in [0.2, 0.25) is 0 Å². The molecule has 0 aromatic heterocycles. The topological polar surface area (TPSA) is 147 Å². The van der Waals surface area contributed by atoms with Crippen LogP contribution >= 0.6 is 15.9 Å². The minimum Gasteiger partial charge on any atom is -0.504 e. The molecule has 11 nitrogen and oxygen atoms in total. The number of benzene rings is 3. The zero-order valence-corrected chi connectivity index (χ0v) is 23.4. The van der Waals surface area contributed by atoms with Crippen molar-refractivity contribution in [1.82, 2.24) is 0 Å². The van der Waals surface area contributed by atoms with Gasteiger partial charge in [-0.1, -0.05) is 0 Å². The SMILES string of the molecule is COc1cc(CC2COC(=O)/C2=C/c2cc(OC)c(OC)c(OCc3ccc([N+](=O)[O-])cc3)c2Br)cc(O)c1O. The van der Waals surface area contributed by atoms with Crippen molar-refractivity contribution >= 4 is 33.7 Å². The summed E-state index contributed by atoms with van der Waals surface area (Å²) in [6.45, 7) is 0.204. The summed E-state index contributed by atoms with van der Waals surface area (Å²) >= 11 is 3.57. The van der Waals surface area contributed by atoms with Gasteiger partial charge in [0.1, 0.15) is 6.61 Å². The van der Waals surface area contributed by atoms with E-state index in [2.05, 4.69) is 15.9 Å². The predicted molar refractivity (Wildman–Crippen MR) is 147 cm³/mol. The van der Waals surface area contributed by atoms with Gasteiger partial charge in [0.05, 0.1) is 37.3 Å². The van der Waals surface area contributed by atoms with Crippen LogP contribution in [0, 0.1) is 16.0 Å². The number of phenolic OH excluding ortho intramolecular Hbond substituents is 2. The van der Waals surface area contributed by atoms with Gasteiger partial charge >= 0.3 is 5.97 Å². The summed E-state index contributed by atoms with van der Waals surface area (Å²) in [6, 6.07) is 10.7. The van der Waals surface area contributed by atoms with Gasteiger partial charge < -0.3 is 33.9 Å². The zero-order chi connectivity index (χ0) is 29.0. The lowest BCUT2D eigenvalue weighted by Gasteiger charge is -2.18.